The molecule has 0 spiro atoms. The lowest BCUT2D eigenvalue weighted by Gasteiger charge is -2.25. The summed E-state index contributed by atoms with van der Waals surface area (Å²) in [6.07, 6.45) is -3.28. The molecule has 0 fully saturated rings. The van der Waals surface area contributed by atoms with Gasteiger partial charge in [0.15, 0.2) is 0 Å². The first-order valence-electron chi connectivity index (χ1n) is 4.93. The zero-order valence-corrected chi connectivity index (χ0v) is 8.97. The standard InChI is InChI=1S/C9H17F3N2O/c1-3-5-7(13)8(15)14(4-2)6-9(10,11)12/h7H,3-6,13H2,1-2H3/t7-/m0/s1. The monoisotopic (exact) mass is 226 g/mol. The van der Waals surface area contributed by atoms with Gasteiger partial charge < -0.3 is 10.6 Å². The Balaban J connectivity index is 4.34. The number of hydrogen-bond donors (Lipinski definition) is 1. The predicted octanol–water partition coefficient (Wildman–Crippen LogP) is 1.52. The maximum absolute atomic E-state index is 12.1. The van der Waals surface area contributed by atoms with Crippen LogP contribution in [0.1, 0.15) is 26.7 Å². The molecule has 0 radical (unpaired) electrons. The molecule has 6 heteroatoms. The van der Waals surface area contributed by atoms with Crippen molar-refractivity contribution < 1.29 is 18.0 Å². The van der Waals surface area contributed by atoms with Crippen molar-refractivity contribution in [3.8, 4) is 0 Å². The Kier molecular flexibility index (Phi) is 5.64. The summed E-state index contributed by atoms with van der Waals surface area (Å²) >= 11 is 0. The average Bonchev–Trinajstić information content (AvgIpc) is 2.12. The number of rotatable bonds is 5. The quantitative estimate of drug-likeness (QED) is 0.772. The van der Waals surface area contributed by atoms with Crippen molar-refractivity contribution >= 4 is 5.91 Å². The molecule has 3 nitrogen and oxygen atoms in total. The normalized spacial score (nSPS) is 13.7. The molecule has 0 unspecified atom stereocenters. The van der Waals surface area contributed by atoms with Gasteiger partial charge in [-0.05, 0) is 13.3 Å². The molecule has 0 aromatic rings. The van der Waals surface area contributed by atoms with Crippen LogP contribution >= 0.6 is 0 Å². The minimum atomic E-state index is -4.36. The summed E-state index contributed by atoms with van der Waals surface area (Å²) < 4.78 is 36.2. The van der Waals surface area contributed by atoms with Crippen LogP contribution in [0.15, 0.2) is 0 Å². The third kappa shape index (κ3) is 5.61. The van der Waals surface area contributed by atoms with E-state index in [1.165, 1.54) is 6.92 Å². The average molecular weight is 226 g/mol. The highest BCUT2D eigenvalue weighted by Crippen LogP contribution is 2.17. The summed E-state index contributed by atoms with van der Waals surface area (Å²) in [5.74, 6) is -0.628. The lowest BCUT2D eigenvalue weighted by molar-refractivity contribution is -0.161. The highest BCUT2D eigenvalue weighted by Gasteiger charge is 2.33. The van der Waals surface area contributed by atoms with Crippen LogP contribution < -0.4 is 5.73 Å². The first-order chi connectivity index (χ1) is 6.81. The summed E-state index contributed by atoms with van der Waals surface area (Å²) in [6.45, 7) is 2.13. The van der Waals surface area contributed by atoms with Gasteiger partial charge in [-0.15, -0.1) is 0 Å². The van der Waals surface area contributed by atoms with Crippen LogP contribution in [-0.4, -0.2) is 36.1 Å². The number of carbonyl (C=O) groups is 1. The molecule has 0 aliphatic carbocycles. The number of nitrogens with two attached hydrogens (primary N) is 1. The second-order valence-corrected chi connectivity index (χ2v) is 3.36. The molecule has 0 aliphatic heterocycles. The van der Waals surface area contributed by atoms with Gasteiger partial charge in [0, 0.05) is 6.54 Å². The van der Waals surface area contributed by atoms with Crippen LogP contribution in [0.4, 0.5) is 13.2 Å². The second kappa shape index (κ2) is 5.95. The van der Waals surface area contributed by atoms with E-state index in [2.05, 4.69) is 0 Å². The first-order valence-corrected chi connectivity index (χ1v) is 4.93. The number of hydrogen-bond acceptors (Lipinski definition) is 2. The van der Waals surface area contributed by atoms with E-state index in [9.17, 15) is 18.0 Å². The number of halogens is 3. The molecule has 1 atom stereocenters. The zero-order chi connectivity index (χ0) is 12.1. The maximum Gasteiger partial charge on any atom is 0.406 e. The Morgan fingerprint density at radius 2 is 1.93 bits per heavy atom. The maximum atomic E-state index is 12.1. The Bertz CT molecular complexity index is 206. The van der Waals surface area contributed by atoms with E-state index in [0.717, 1.165) is 4.90 Å². The Hall–Kier alpha value is -0.780. The van der Waals surface area contributed by atoms with E-state index in [1.54, 1.807) is 0 Å². The highest BCUT2D eigenvalue weighted by atomic mass is 19.4. The summed E-state index contributed by atoms with van der Waals surface area (Å²) in [5.41, 5.74) is 5.46. The minimum absolute atomic E-state index is 0.0236. The van der Waals surface area contributed by atoms with Crippen LogP contribution in [-0.2, 0) is 4.79 Å². The van der Waals surface area contributed by atoms with Crippen LogP contribution in [0, 0.1) is 0 Å². The lowest BCUT2D eigenvalue weighted by Crippen LogP contribution is -2.47. The first kappa shape index (κ1) is 14.2. The van der Waals surface area contributed by atoms with Gasteiger partial charge in [0.1, 0.15) is 6.54 Å². The summed E-state index contributed by atoms with van der Waals surface area (Å²) in [5, 5.41) is 0. The van der Waals surface area contributed by atoms with Crippen LogP contribution in [0.2, 0.25) is 0 Å². The summed E-state index contributed by atoms with van der Waals surface area (Å²) in [7, 11) is 0. The van der Waals surface area contributed by atoms with Crippen LogP contribution in [0.5, 0.6) is 0 Å². The third-order valence-electron chi connectivity index (χ3n) is 1.98. The number of carbonyl (C=O) groups excluding carboxylic acids is 1. The largest absolute Gasteiger partial charge is 0.406 e. The van der Waals surface area contributed by atoms with E-state index in [4.69, 9.17) is 5.73 Å². The molecule has 0 aromatic carbocycles. The fourth-order valence-electron chi connectivity index (χ4n) is 1.23. The molecule has 0 saturated heterocycles. The predicted molar refractivity (Wildman–Crippen MR) is 51.2 cm³/mol. The Labute approximate surface area is 87.4 Å². The fraction of sp³-hybridized carbons (Fsp3) is 0.889. The molecule has 15 heavy (non-hydrogen) atoms. The molecule has 0 bridgehead atoms. The highest BCUT2D eigenvalue weighted by molar-refractivity contribution is 5.81. The van der Waals surface area contributed by atoms with Crippen molar-refractivity contribution in [2.24, 2.45) is 5.73 Å². The van der Waals surface area contributed by atoms with Crippen molar-refractivity contribution in [3.63, 3.8) is 0 Å². The van der Waals surface area contributed by atoms with Gasteiger partial charge in [-0.25, -0.2) is 0 Å². The molecule has 2 N–H and O–H groups in total. The molecule has 1 amide bonds. The summed E-state index contributed by atoms with van der Waals surface area (Å²) in [6, 6.07) is -0.822. The molecule has 0 rings (SSSR count). The topological polar surface area (TPSA) is 46.3 Å². The van der Waals surface area contributed by atoms with Crippen LogP contribution in [0.25, 0.3) is 0 Å². The van der Waals surface area contributed by atoms with E-state index in [1.807, 2.05) is 6.92 Å². The van der Waals surface area contributed by atoms with Crippen molar-refractivity contribution in [1.82, 2.24) is 4.90 Å². The van der Waals surface area contributed by atoms with Crippen molar-refractivity contribution in [3.05, 3.63) is 0 Å². The molecular weight excluding hydrogens is 209 g/mol. The summed E-state index contributed by atoms with van der Waals surface area (Å²) in [4.78, 5) is 12.2. The molecule has 0 saturated carbocycles. The van der Waals surface area contributed by atoms with E-state index < -0.39 is 24.7 Å². The smallest absolute Gasteiger partial charge is 0.333 e. The van der Waals surface area contributed by atoms with Gasteiger partial charge in [-0.1, -0.05) is 13.3 Å². The number of nitrogens with zero attached hydrogens (tertiary/aromatic N) is 1. The molecule has 0 heterocycles. The van der Waals surface area contributed by atoms with Gasteiger partial charge in [0.05, 0.1) is 6.04 Å². The molecular formula is C9H17F3N2O. The fourth-order valence-corrected chi connectivity index (χ4v) is 1.23. The van der Waals surface area contributed by atoms with E-state index in [0.29, 0.717) is 12.8 Å². The third-order valence-corrected chi connectivity index (χ3v) is 1.98. The van der Waals surface area contributed by atoms with Gasteiger partial charge in [0.25, 0.3) is 0 Å². The van der Waals surface area contributed by atoms with Gasteiger partial charge in [0.2, 0.25) is 5.91 Å². The van der Waals surface area contributed by atoms with E-state index >= 15 is 0 Å². The number of likely N-dealkylation sites (N-methyl/N-ethyl adjacent to an activating group) is 1. The molecule has 90 valence electrons. The van der Waals surface area contributed by atoms with Gasteiger partial charge >= 0.3 is 6.18 Å². The lowest BCUT2D eigenvalue weighted by atomic mass is 10.1. The van der Waals surface area contributed by atoms with E-state index in [-0.39, 0.29) is 6.54 Å². The van der Waals surface area contributed by atoms with Gasteiger partial charge in [-0.3, -0.25) is 4.79 Å². The zero-order valence-electron chi connectivity index (χ0n) is 8.97. The Morgan fingerprint density at radius 1 is 1.40 bits per heavy atom. The van der Waals surface area contributed by atoms with Gasteiger partial charge in [-0.2, -0.15) is 13.2 Å². The van der Waals surface area contributed by atoms with Crippen molar-refractivity contribution in [2.75, 3.05) is 13.1 Å². The molecule has 0 aliphatic rings. The van der Waals surface area contributed by atoms with Crippen LogP contribution in [0.3, 0.4) is 0 Å². The second-order valence-electron chi connectivity index (χ2n) is 3.36. The van der Waals surface area contributed by atoms with Crippen molar-refractivity contribution in [2.45, 2.75) is 38.9 Å². The number of amides is 1. The Morgan fingerprint density at radius 3 is 2.27 bits per heavy atom. The SMILES string of the molecule is CCC[C@H](N)C(=O)N(CC)CC(F)(F)F. The number of alkyl halides is 3. The molecule has 0 aromatic heterocycles. The van der Waals surface area contributed by atoms with Crippen molar-refractivity contribution in [1.29, 1.82) is 0 Å². The minimum Gasteiger partial charge on any atom is -0.333 e.